The molecule has 138 valence electrons. The van der Waals surface area contributed by atoms with Crippen molar-refractivity contribution in [1.29, 1.82) is 0 Å². The van der Waals surface area contributed by atoms with Gasteiger partial charge in [-0.1, -0.05) is 41.4 Å². The summed E-state index contributed by atoms with van der Waals surface area (Å²) in [4.78, 5) is 28.2. The third-order valence-electron chi connectivity index (χ3n) is 3.67. The van der Waals surface area contributed by atoms with Crippen LogP contribution in [-0.2, 0) is 20.7 Å². The molecular weight excluding hydrogens is 384 g/mol. The van der Waals surface area contributed by atoms with Gasteiger partial charge in [0.2, 0.25) is 0 Å². The van der Waals surface area contributed by atoms with Gasteiger partial charge in [-0.2, -0.15) is 0 Å². The molecule has 0 bridgehead atoms. The number of anilines is 1. The summed E-state index contributed by atoms with van der Waals surface area (Å²) >= 11 is 7.26. The van der Waals surface area contributed by atoms with Crippen molar-refractivity contribution in [2.45, 2.75) is 13.3 Å². The lowest BCUT2D eigenvalue weighted by Gasteiger charge is -2.06. The molecule has 27 heavy (non-hydrogen) atoms. The Balaban J connectivity index is 1.48. The number of carbonyl (C=O) groups is 2. The molecule has 0 aliphatic heterocycles. The summed E-state index contributed by atoms with van der Waals surface area (Å²) in [6.07, 6.45) is 0.0244. The van der Waals surface area contributed by atoms with Crippen molar-refractivity contribution in [2.75, 3.05) is 11.9 Å². The Morgan fingerprint density at radius 3 is 2.52 bits per heavy atom. The molecule has 0 saturated heterocycles. The van der Waals surface area contributed by atoms with E-state index in [9.17, 15) is 9.59 Å². The largest absolute Gasteiger partial charge is 0.455 e. The molecule has 2 aromatic carbocycles. The lowest BCUT2D eigenvalue weighted by Crippen LogP contribution is -2.21. The first-order valence-corrected chi connectivity index (χ1v) is 9.48. The van der Waals surface area contributed by atoms with Gasteiger partial charge in [0.1, 0.15) is 5.01 Å². The number of aromatic nitrogens is 1. The standard InChI is InChI=1S/C20H17ClN2O3S/c1-13-2-4-14(5-3-13)20-23-17(12-27-20)10-19(25)26-11-18(24)22-16-8-6-15(21)7-9-16/h2-9,12H,10-11H2,1H3,(H,22,24). The van der Waals surface area contributed by atoms with E-state index in [4.69, 9.17) is 16.3 Å². The van der Waals surface area contributed by atoms with E-state index in [-0.39, 0.29) is 13.0 Å². The second-order valence-electron chi connectivity index (χ2n) is 5.90. The first-order chi connectivity index (χ1) is 13.0. The maximum atomic E-state index is 11.9. The Hall–Kier alpha value is -2.70. The van der Waals surface area contributed by atoms with Crippen LogP contribution in [0.3, 0.4) is 0 Å². The molecule has 0 spiro atoms. The van der Waals surface area contributed by atoms with Crippen molar-refractivity contribution < 1.29 is 14.3 Å². The van der Waals surface area contributed by atoms with E-state index in [0.29, 0.717) is 16.4 Å². The second kappa shape index (κ2) is 8.79. The average Bonchev–Trinajstić information content (AvgIpc) is 3.11. The van der Waals surface area contributed by atoms with Gasteiger partial charge < -0.3 is 10.1 Å². The molecule has 1 aromatic heterocycles. The zero-order valence-electron chi connectivity index (χ0n) is 14.6. The summed E-state index contributed by atoms with van der Waals surface area (Å²) in [5.41, 5.74) is 3.39. The number of benzene rings is 2. The summed E-state index contributed by atoms with van der Waals surface area (Å²) in [7, 11) is 0. The van der Waals surface area contributed by atoms with E-state index in [1.165, 1.54) is 16.9 Å². The van der Waals surface area contributed by atoms with E-state index < -0.39 is 11.9 Å². The highest BCUT2D eigenvalue weighted by molar-refractivity contribution is 7.13. The smallest absolute Gasteiger partial charge is 0.312 e. The van der Waals surface area contributed by atoms with Gasteiger partial charge in [0.25, 0.3) is 5.91 Å². The van der Waals surface area contributed by atoms with E-state index in [1.54, 1.807) is 24.3 Å². The average molecular weight is 401 g/mol. The molecule has 3 aromatic rings. The predicted octanol–water partition coefficient (Wildman–Crippen LogP) is 4.50. The molecule has 0 atom stereocenters. The number of thiazole rings is 1. The van der Waals surface area contributed by atoms with Crippen LogP contribution in [0.15, 0.2) is 53.9 Å². The van der Waals surface area contributed by atoms with Crippen molar-refractivity contribution >= 4 is 40.5 Å². The lowest BCUT2D eigenvalue weighted by molar-refractivity contribution is -0.146. The highest BCUT2D eigenvalue weighted by atomic mass is 35.5. The zero-order valence-corrected chi connectivity index (χ0v) is 16.1. The Labute approximate surface area is 166 Å². The molecule has 0 aliphatic rings. The van der Waals surface area contributed by atoms with Crippen LogP contribution in [-0.4, -0.2) is 23.5 Å². The van der Waals surface area contributed by atoms with E-state index in [0.717, 1.165) is 10.6 Å². The maximum Gasteiger partial charge on any atom is 0.312 e. The number of esters is 1. The number of hydrogen-bond acceptors (Lipinski definition) is 5. The molecule has 0 fully saturated rings. The summed E-state index contributed by atoms with van der Waals surface area (Å²) in [6.45, 7) is 1.67. The lowest BCUT2D eigenvalue weighted by atomic mass is 10.2. The Bertz CT molecular complexity index is 937. The molecule has 7 heteroatoms. The number of halogens is 1. The fourth-order valence-electron chi connectivity index (χ4n) is 2.29. The first-order valence-electron chi connectivity index (χ1n) is 8.22. The van der Waals surface area contributed by atoms with Crippen LogP contribution in [0.4, 0.5) is 5.69 Å². The molecule has 0 aliphatic carbocycles. The number of aryl methyl sites for hydroxylation is 1. The highest BCUT2D eigenvalue weighted by Gasteiger charge is 2.12. The normalized spacial score (nSPS) is 10.4. The van der Waals surface area contributed by atoms with Gasteiger partial charge in [-0.25, -0.2) is 4.98 Å². The molecule has 0 unspecified atom stereocenters. The molecule has 3 rings (SSSR count). The fourth-order valence-corrected chi connectivity index (χ4v) is 3.24. The summed E-state index contributed by atoms with van der Waals surface area (Å²) < 4.78 is 5.02. The van der Waals surface area contributed by atoms with Crippen molar-refractivity contribution in [3.05, 3.63) is 70.2 Å². The number of hydrogen-bond donors (Lipinski definition) is 1. The van der Waals surface area contributed by atoms with E-state index >= 15 is 0 Å². The molecule has 1 heterocycles. The van der Waals surface area contributed by atoms with Crippen LogP contribution in [0.2, 0.25) is 5.02 Å². The molecule has 5 nitrogen and oxygen atoms in total. The number of carbonyl (C=O) groups excluding carboxylic acids is 2. The number of nitrogens with zero attached hydrogens (tertiary/aromatic N) is 1. The van der Waals surface area contributed by atoms with Crippen LogP contribution in [0.5, 0.6) is 0 Å². The molecule has 1 amide bonds. The van der Waals surface area contributed by atoms with Gasteiger partial charge in [0.05, 0.1) is 12.1 Å². The zero-order chi connectivity index (χ0) is 19.2. The third-order valence-corrected chi connectivity index (χ3v) is 4.86. The highest BCUT2D eigenvalue weighted by Crippen LogP contribution is 2.24. The van der Waals surface area contributed by atoms with Crippen molar-refractivity contribution in [3.8, 4) is 10.6 Å². The summed E-state index contributed by atoms with van der Waals surface area (Å²) in [5, 5.41) is 5.88. The Morgan fingerprint density at radius 2 is 1.81 bits per heavy atom. The molecule has 1 N–H and O–H groups in total. The number of rotatable bonds is 6. The van der Waals surface area contributed by atoms with Gasteiger partial charge in [-0.05, 0) is 31.2 Å². The van der Waals surface area contributed by atoms with Crippen LogP contribution in [0, 0.1) is 6.92 Å². The predicted molar refractivity (Wildman–Crippen MR) is 107 cm³/mol. The maximum absolute atomic E-state index is 11.9. The monoisotopic (exact) mass is 400 g/mol. The molecule has 0 saturated carbocycles. The topological polar surface area (TPSA) is 68.3 Å². The van der Waals surface area contributed by atoms with Crippen LogP contribution < -0.4 is 5.32 Å². The summed E-state index contributed by atoms with van der Waals surface area (Å²) in [5.74, 6) is -0.911. The molecule has 0 radical (unpaired) electrons. The van der Waals surface area contributed by atoms with Crippen molar-refractivity contribution in [1.82, 2.24) is 4.98 Å². The minimum Gasteiger partial charge on any atom is -0.455 e. The van der Waals surface area contributed by atoms with Crippen molar-refractivity contribution in [2.24, 2.45) is 0 Å². The minimum atomic E-state index is -0.498. The Morgan fingerprint density at radius 1 is 1.11 bits per heavy atom. The fraction of sp³-hybridized carbons (Fsp3) is 0.150. The van der Waals surface area contributed by atoms with Gasteiger partial charge in [-0.3, -0.25) is 9.59 Å². The van der Waals surface area contributed by atoms with Crippen LogP contribution in [0.1, 0.15) is 11.3 Å². The quantitative estimate of drug-likeness (QED) is 0.619. The number of ether oxygens (including phenoxy) is 1. The summed E-state index contributed by atoms with van der Waals surface area (Å²) in [6, 6.07) is 14.7. The van der Waals surface area contributed by atoms with Gasteiger partial charge in [0.15, 0.2) is 6.61 Å². The first kappa shape index (κ1) is 19.1. The van der Waals surface area contributed by atoms with E-state index in [1.807, 2.05) is 36.6 Å². The minimum absolute atomic E-state index is 0.0244. The number of nitrogens with one attached hydrogen (secondary N) is 1. The van der Waals surface area contributed by atoms with Crippen LogP contribution >= 0.6 is 22.9 Å². The van der Waals surface area contributed by atoms with Gasteiger partial charge >= 0.3 is 5.97 Å². The SMILES string of the molecule is Cc1ccc(-c2nc(CC(=O)OCC(=O)Nc3ccc(Cl)cc3)cs2)cc1. The molecular formula is C20H17ClN2O3S. The van der Waals surface area contributed by atoms with Crippen molar-refractivity contribution in [3.63, 3.8) is 0 Å². The van der Waals surface area contributed by atoms with Gasteiger partial charge in [-0.15, -0.1) is 11.3 Å². The van der Waals surface area contributed by atoms with Gasteiger partial charge in [0, 0.05) is 21.7 Å². The van der Waals surface area contributed by atoms with E-state index in [2.05, 4.69) is 10.3 Å². The second-order valence-corrected chi connectivity index (χ2v) is 7.20. The number of amides is 1. The Kier molecular flexibility index (Phi) is 6.21. The van der Waals surface area contributed by atoms with Crippen LogP contribution in [0.25, 0.3) is 10.6 Å². The third kappa shape index (κ3) is 5.64.